The Bertz CT molecular complexity index is 686. The van der Waals surface area contributed by atoms with Crippen molar-refractivity contribution in [1.82, 2.24) is 20.2 Å². The number of piperidine rings is 3. The second-order valence-corrected chi connectivity index (χ2v) is 6.61. The molecule has 2 atom stereocenters. The third kappa shape index (κ3) is 2.65. The first-order valence-electron chi connectivity index (χ1n) is 8.38. The summed E-state index contributed by atoms with van der Waals surface area (Å²) in [4.78, 5) is 22.6. The molecule has 2 bridgehead atoms. The van der Waals surface area contributed by atoms with Crippen LogP contribution in [0.15, 0.2) is 36.5 Å². The third-order valence-corrected chi connectivity index (χ3v) is 5.35. The van der Waals surface area contributed by atoms with Crippen molar-refractivity contribution >= 4 is 5.91 Å². The number of pyridine rings is 1. The summed E-state index contributed by atoms with van der Waals surface area (Å²) in [6, 6.07) is 10.2. The molecule has 5 heterocycles. The SMILES string of the molecule is C[C@H]1[C@H](NC(=O)c2ccc(-c3ccccn3)[nH]2)C2CCN1CC2. The lowest BCUT2D eigenvalue weighted by Crippen LogP contribution is -2.62. The summed E-state index contributed by atoms with van der Waals surface area (Å²) in [5.41, 5.74) is 2.33. The Kier molecular flexibility index (Phi) is 3.65. The van der Waals surface area contributed by atoms with Crippen molar-refractivity contribution in [3.8, 4) is 11.4 Å². The van der Waals surface area contributed by atoms with Gasteiger partial charge < -0.3 is 10.3 Å². The molecule has 0 aliphatic carbocycles. The van der Waals surface area contributed by atoms with Crippen LogP contribution in [0.25, 0.3) is 11.4 Å². The summed E-state index contributed by atoms with van der Waals surface area (Å²) in [6.45, 7) is 4.57. The number of nitrogens with one attached hydrogen (secondary N) is 2. The number of rotatable bonds is 3. The van der Waals surface area contributed by atoms with Gasteiger partial charge in [-0.2, -0.15) is 0 Å². The number of H-pyrrole nitrogens is 1. The highest BCUT2D eigenvalue weighted by Gasteiger charge is 2.40. The van der Waals surface area contributed by atoms with Crippen LogP contribution < -0.4 is 5.32 Å². The Morgan fingerprint density at radius 3 is 2.78 bits per heavy atom. The zero-order valence-corrected chi connectivity index (χ0v) is 13.3. The van der Waals surface area contributed by atoms with Crippen LogP contribution >= 0.6 is 0 Å². The molecule has 5 nitrogen and oxygen atoms in total. The first kappa shape index (κ1) is 14.5. The van der Waals surface area contributed by atoms with Crippen molar-refractivity contribution in [2.75, 3.05) is 13.1 Å². The number of hydrogen-bond acceptors (Lipinski definition) is 3. The van der Waals surface area contributed by atoms with Gasteiger partial charge in [0.05, 0.1) is 11.4 Å². The Balaban J connectivity index is 1.49. The first-order valence-corrected chi connectivity index (χ1v) is 8.38. The molecule has 5 heteroatoms. The van der Waals surface area contributed by atoms with Crippen LogP contribution in [0.4, 0.5) is 0 Å². The Morgan fingerprint density at radius 1 is 1.26 bits per heavy atom. The van der Waals surface area contributed by atoms with Crippen molar-refractivity contribution < 1.29 is 4.79 Å². The number of hydrogen-bond donors (Lipinski definition) is 2. The zero-order chi connectivity index (χ0) is 15.8. The number of amides is 1. The smallest absolute Gasteiger partial charge is 0.267 e. The van der Waals surface area contributed by atoms with Gasteiger partial charge in [0.1, 0.15) is 5.69 Å². The summed E-state index contributed by atoms with van der Waals surface area (Å²) in [6.07, 6.45) is 4.14. The molecule has 0 aromatic carbocycles. The number of carbonyl (C=O) groups excluding carboxylic acids is 1. The molecule has 2 N–H and O–H groups in total. The number of aromatic amines is 1. The fourth-order valence-corrected chi connectivity index (χ4v) is 3.97. The van der Waals surface area contributed by atoms with Crippen molar-refractivity contribution in [1.29, 1.82) is 0 Å². The van der Waals surface area contributed by atoms with Crippen LogP contribution in [0.1, 0.15) is 30.3 Å². The van der Waals surface area contributed by atoms with Gasteiger partial charge in [0.2, 0.25) is 0 Å². The lowest BCUT2D eigenvalue weighted by Gasteiger charge is -2.49. The summed E-state index contributed by atoms with van der Waals surface area (Å²) in [5, 5.41) is 3.25. The van der Waals surface area contributed by atoms with Gasteiger partial charge in [-0.3, -0.25) is 14.7 Å². The summed E-state index contributed by atoms with van der Waals surface area (Å²) >= 11 is 0. The van der Waals surface area contributed by atoms with E-state index in [1.165, 1.54) is 25.9 Å². The molecule has 23 heavy (non-hydrogen) atoms. The van der Waals surface area contributed by atoms with Gasteiger partial charge in [-0.25, -0.2) is 0 Å². The molecule has 0 spiro atoms. The standard InChI is InChI=1S/C18H22N4O/c1-12-17(13-7-10-22(12)11-8-13)21-18(23)16-6-5-15(20-16)14-4-2-3-9-19-14/h2-6,9,12-13,17,20H,7-8,10-11H2,1H3,(H,21,23)/t12-,17-/m0/s1. The van der Waals surface area contributed by atoms with Crippen LogP contribution in [-0.4, -0.2) is 45.9 Å². The molecule has 3 saturated heterocycles. The quantitative estimate of drug-likeness (QED) is 0.914. The highest BCUT2D eigenvalue weighted by Crippen LogP contribution is 2.32. The van der Waals surface area contributed by atoms with Crippen LogP contribution in [0, 0.1) is 5.92 Å². The average Bonchev–Trinajstić information content (AvgIpc) is 3.09. The molecule has 0 unspecified atom stereocenters. The topological polar surface area (TPSA) is 61.0 Å². The fraction of sp³-hybridized carbons (Fsp3) is 0.444. The van der Waals surface area contributed by atoms with E-state index in [4.69, 9.17) is 0 Å². The molecule has 1 amide bonds. The van der Waals surface area contributed by atoms with E-state index in [1.807, 2.05) is 30.3 Å². The monoisotopic (exact) mass is 310 g/mol. The largest absolute Gasteiger partial charge is 0.349 e. The molecular formula is C18H22N4O. The molecule has 3 fully saturated rings. The summed E-state index contributed by atoms with van der Waals surface area (Å²) in [7, 11) is 0. The van der Waals surface area contributed by atoms with E-state index in [0.717, 1.165) is 11.4 Å². The van der Waals surface area contributed by atoms with E-state index in [9.17, 15) is 4.79 Å². The van der Waals surface area contributed by atoms with Crippen LogP contribution in [0.3, 0.4) is 0 Å². The lowest BCUT2D eigenvalue weighted by molar-refractivity contribution is 0.0216. The predicted octanol–water partition coefficient (Wildman–Crippen LogP) is 2.29. The van der Waals surface area contributed by atoms with E-state index in [1.54, 1.807) is 6.20 Å². The zero-order valence-electron chi connectivity index (χ0n) is 13.3. The number of fused-ring (bicyclic) bond motifs is 3. The van der Waals surface area contributed by atoms with E-state index in [0.29, 0.717) is 17.7 Å². The molecule has 2 aromatic rings. The molecule has 0 saturated carbocycles. The van der Waals surface area contributed by atoms with E-state index >= 15 is 0 Å². The van der Waals surface area contributed by atoms with Gasteiger partial charge in [0.15, 0.2) is 0 Å². The van der Waals surface area contributed by atoms with E-state index in [-0.39, 0.29) is 11.9 Å². The van der Waals surface area contributed by atoms with Gasteiger partial charge in [0, 0.05) is 18.3 Å². The van der Waals surface area contributed by atoms with Crippen LogP contribution in [-0.2, 0) is 0 Å². The molecule has 3 aliphatic rings. The second kappa shape index (κ2) is 5.81. The normalized spacial score (nSPS) is 29.4. The Hall–Kier alpha value is -2.14. The molecule has 3 aliphatic heterocycles. The first-order chi connectivity index (χ1) is 11.2. The maximum Gasteiger partial charge on any atom is 0.267 e. The van der Waals surface area contributed by atoms with Crippen molar-refractivity contribution in [2.45, 2.75) is 31.8 Å². The Morgan fingerprint density at radius 2 is 2.09 bits per heavy atom. The van der Waals surface area contributed by atoms with Gasteiger partial charge in [0.25, 0.3) is 5.91 Å². The van der Waals surface area contributed by atoms with E-state index < -0.39 is 0 Å². The second-order valence-electron chi connectivity index (χ2n) is 6.61. The third-order valence-electron chi connectivity index (χ3n) is 5.35. The predicted molar refractivity (Wildman–Crippen MR) is 89.0 cm³/mol. The van der Waals surface area contributed by atoms with Gasteiger partial charge in [-0.15, -0.1) is 0 Å². The highest BCUT2D eigenvalue weighted by atomic mass is 16.2. The lowest BCUT2D eigenvalue weighted by atomic mass is 9.79. The van der Waals surface area contributed by atoms with Crippen LogP contribution in [0.2, 0.25) is 0 Å². The van der Waals surface area contributed by atoms with Crippen molar-refractivity contribution in [3.05, 3.63) is 42.2 Å². The molecule has 2 aromatic heterocycles. The minimum absolute atomic E-state index is 0.0159. The van der Waals surface area contributed by atoms with Gasteiger partial charge in [-0.05, 0) is 63.0 Å². The minimum atomic E-state index is -0.0159. The highest BCUT2D eigenvalue weighted by molar-refractivity contribution is 5.93. The maximum absolute atomic E-state index is 12.6. The number of aromatic nitrogens is 2. The molecule has 5 rings (SSSR count). The summed E-state index contributed by atoms with van der Waals surface area (Å²) < 4.78 is 0. The molecular weight excluding hydrogens is 288 g/mol. The number of nitrogens with zero attached hydrogens (tertiary/aromatic N) is 2. The average molecular weight is 310 g/mol. The fourth-order valence-electron chi connectivity index (χ4n) is 3.97. The van der Waals surface area contributed by atoms with Crippen molar-refractivity contribution in [2.24, 2.45) is 5.92 Å². The molecule has 0 radical (unpaired) electrons. The summed E-state index contributed by atoms with van der Waals surface area (Å²) in [5.74, 6) is 0.599. The Labute approximate surface area is 136 Å². The van der Waals surface area contributed by atoms with Crippen LogP contribution in [0.5, 0.6) is 0 Å². The van der Waals surface area contributed by atoms with Gasteiger partial charge in [-0.1, -0.05) is 6.07 Å². The number of carbonyl (C=O) groups is 1. The van der Waals surface area contributed by atoms with E-state index in [2.05, 4.69) is 27.1 Å². The molecule has 120 valence electrons. The minimum Gasteiger partial charge on any atom is -0.349 e. The maximum atomic E-state index is 12.6. The van der Waals surface area contributed by atoms with Gasteiger partial charge >= 0.3 is 0 Å². The van der Waals surface area contributed by atoms with Crippen molar-refractivity contribution in [3.63, 3.8) is 0 Å².